The van der Waals surface area contributed by atoms with Gasteiger partial charge in [-0.2, -0.15) is 0 Å². The van der Waals surface area contributed by atoms with Crippen LogP contribution in [0.1, 0.15) is 28.9 Å². The van der Waals surface area contributed by atoms with Crippen LogP contribution in [-0.4, -0.2) is 33.6 Å². The van der Waals surface area contributed by atoms with E-state index in [1.165, 1.54) is 12.1 Å². The minimum Gasteiger partial charge on any atom is -0.454 e. The highest BCUT2D eigenvalue weighted by Gasteiger charge is 2.17. The highest BCUT2D eigenvalue weighted by molar-refractivity contribution is 7.89. The van der Waals surface area contributed by atoms with Crippen LogP contribution >= 0.6 is 0 Å². The van der Waals surface area contributed by atoms with E-state index in [-0.39, 0.29) is 24.3 Å². The number of carbonyl (C=O) groups excluding carboxylic acids is 2. The smallest absolute Gasteiger partial charge is 0.251 e. The second-order valence-corrected chi connectivity index (χ2v) is 7.72. The summed E-state index contributed by atoms with van der Waals surface area (Å²) in [5, 5.41) is 10.3. The molecule has 2 aromatic carbocycles. The maximum Gasteiger partial charge on any atom is 0.251 e. The van der Waals surface area contributed by atoms with E-state index in [0.717, 1.165) is 0 Å². The fourth-order valence-electron chi connectivity index (χ4n) is 2.62. The van der Waals surface area contributed by atoms with Crippen molar-refractivity contribution >= 4 is 21.8 Å². The average Bonchev–Trinajstić information content (AvgIpc) is 3.13. The van der Waals surface area contributed by atoms with E-state index in [2.05, 4.69) is 10.6 Å². The Morgan fingerprint density at radius 3 is 2.46 bits per heavy atom. The summed E-state index contributed by atoms with van der Waals surface area (Å²) in [5.41, 5.74) is 1.05. The SMILES string of the molecule is C[C@H](NC(=O)CNC(=O)c1ccc2c(c1)OCO2)c1ccc(S(N)(=O)=O)cc1. The monoisotopic (exact) mass is 405 g/mol. The molecule has 1 atom stereocenters. The van der Waals surface area contributed by atoms with Gasteiger partial charge >= 0.3 is 0 Å². The molecule has 1 aliphatic heterocycles. The van der Waals surface area contributed by atoms with Gasteiger partial charge in [0.05, 0.1) is 17.5 Å². The summed E-state index contributed by atoms with van der Waals surface area (Å²) >= 11 is 0. The standard InChI is InChI=1S/C18H19N3O6S/c1-11(12-2-5-14(6-3-12)28(19,24)25)21-17(22)9-20-18(23)13-4-7-15-16(8-13)27-10-26-15/h2-8,11H,9-10H2,1H3,(H,20,23)(H,21,22)(H2,19,24,25)/t11-/m0/s1. The van der Waals surface area contributed by atoms with Crippen molar-refractivity contribution in [2.45, 2.75) is 17.9 Å². The number of primary sulfonamides is 1. The minimum atomic E-state index is -3.77. The van der Waals surface area contributed by atoms with Crippen molar-refractivity contribution in [3.63, 3.8) is 0 Å². The third kappa shape index (κ3) is 4.59. The minimum absolute atomic E-state index is 0.00855. The Hall–Kier alpha value is -3.11. The molecule has 148 valence electrons. The van der Waals surface area contributed by atoms with Crippen molar-refractivity contribution in [1.82, 2.24) is 10.6 Å². The lowest BCUT2D eigenvalue weighted by Gasteiger charge is -2.15. The van der Waals surface area contributed by atoms with Crippen LogP contribution in [0.4, 0.5) is 0 Å². The highest BCUT2D eigenvalue weighted by atomic mass is 32.2. The van der Waals surface area contributed by atoms with E-state index in [0.29, 0.717) is 22.6 Å². The number of sulfonamides is 1. The molecule has 1 heterocycles. The number of fused-ring (bicyclic) bond motifs is 1. The lowest BCUT2D eigenvalue weighted by Crippen LogP contribution is -2.38. The molecule has 0 spiro atoms. The molecule has 2 amide bonds. The molecule has 28 heavy (non-hydrogen) atoms. The van der Waals surface area contributed by atoms with Crippen LogP contribution in [0, 0.1) is 0 Å². The predicted octanol–water partition coefficient (Wildman–Crippen LogP) is 0.670. The van der Waals surface area contributed by atoms with E-state index in [1.54, 1.807) is 37.3 Å². The number of benzene rings is 2. The van der Waals surface area contributed by atoms with Crippen molar-refractivity contribution in [3.8, 4) is 11.5 Å². The van der Waals surface area contributed by atoms with Crippen LogP contribution in [0.2, 0.25) is 0 Å². The van der Waals surface area contributed by atoms with Crippen molar-refractivity contribution in [3.05, 3.63) is 53.6 Å². The van der Waals surface area contributed by atoms with Gasteiger partial charge in [-0.15, -0.1) is 0 Å². The summed E-state index contributed by atoms with van der Waals surface area (Å²) in [6.45, 7) is 1.63. The molecule has 3 rings (SSSR count). The van der Waals surface area contributed by atoms with Gasteiger partial charge in [-0.1, -0.05) is 12.1 Å². The van der Waals surface area contributed by atoms with Gasteiger partial charge in [0.2, 0.25) is 22.7 Å². The second kappa shape index (κ2) is 7.87. The molecule has 2 aromatic rings. The van der Waals surface area contributed by atoms with Crippen molar-refractivity contribution in [1.29, 1.82) is 0 Å². The van der Waals surface area contributed by atoms with Crippen molar-refractivity contribution in [2.75, 3.05) is 13.3 Å². The molecule has 4 N–H and O–H groups in total. The lowest BCUT2D eigenvalue weighted by molar-refractivity contribution is -0.120. The molecule has 0 aromatic heterocycles. The van der Waals surface area contributed by atoms with Gasteiger partial charge in [-0.3, -0.25) is 9.59 Å². The first kappa shape index (κ1) is 19.6. The molecule has 0 aliphatic carbocycles. The molecule has 9 nitrogen and oxygen atoms in total. The molecule has 0 unspecified atom stereocenters. The molecular weight excluding hydrogens is 386 g/mol. The number of nitrogens with two attached hydrogens (primary N) is 1. The van der Waals surface area contributed by atoms with Gasteiger partial charge in [-0.05, 0) is 42.8 Å². The summed E-state index contributed by atoms with van der Waals surface area (Å²) in [7, 11) is -3.77. The average molecular weight is 405 g/mol. The summed E-state index contributed by atoms with van der Waals surface area (Å²) in [4.78, 5) is 24.3. The zero-order valence-corrected chi connectivity index (χ0v) is 15.8. The Balaban J connectivity index is 1.53. The number of ether oxygens (including phenoxy) is 2. The topological polar surface area (TPSA) is 137 Å². The number of amides is 2. The van der Waals surface area contributed by atoms with Crippen molar-refractivity contribution in [2.24, 2.45) is 5.14 Å². The molecule has 0 bridgehead atoms. The number of hydrogen-bond donors (Lipinski definition) is 3. The van der Waals surface area contributed by atoms with E-state index in [1.807, 2.05) is 0 Å². The highest BCUT2D eigenvalue weighted by Crippen LogP contribution is 2.32. The van der Waals surface area contributed by atoms with Crippen LogP contribution in [0.3, 0.4) is 0 Å². The van der Waals surface area contributed by atoms with Gasteiger partial charge in [-0.25, -0.2) is 13.6 Å². The van der Waals surface area contributed by atoms with Crippen LogP contribution in [0.15, 0.2) is 47.4 Å². The van der Waals surface area contributed by atoms with Crippen LogP contribution in [0.25, 0.3) is 0 Å². The van der Waals surface area contributed by atoms with Gasteiger partial charge < -0.3 is 20.1 Å². The first-order chi connectivity index (χ1) is 13.2. The Bertz CT molecular complexity index is 1000. The van der Waals surface area contributed by atoms with E-state index >= 15 is 0 Å². The quantitative estimate of drug-likeness (QED) is 0.646. The third-order valence-electron chi connectivity index (χ3n) is 4.13. The lowest BCUT2D eigenvalue weighted by atomic mass is 10.1. The third-order valence-corrected chi connectivity index (χ3v) is 5.06. The Morgan fingerprint density at radius 1 is 1.11 bits per heavy atom. The predicted molar refractivity (Wildman–Crippen MR) is 99.3 cm³/mol. The molecule has 0 saturated carbocycles. The zero-order valence-electron chi connectivity index (χ0n) is 15.0. The summed E-state index contributed by atoms with van der Waals surface area (Å²) in [5.74, 6) is 0.237. The Morgan fingerprint density at radius 2 is 1.79 bits per heavy atom. The summed E-state index contributed by atoms with van der Waals surface area (Å²) in [6, 6.07) is 10.2. The molecular formula is C18H19N3O6S. The number of hydrogen-bond acceptors (Lipinski definition) is 6. The molecule has 0 radical (unpaired) electrons. The van der Waals surface area contributed by atoms with Gasteiger partial charge in [0.15, 0.2) is 11.5 Å². The maximum atomic E-state index is 12.2. The largest absolute Gasteiger partial charge is 0.454 e. The molecule has 1 aliphatic rings. The normalized spacial score (nSPS) is 13.6. The van der Waals surface area contributed by atoms with E-state index in [9.17, 15) is 18.0 Å². The summed E-state index contributed by atoms with van der Waals surface area (Å²) < 4.78 is 33.0. The number of carbonyl (C=O) groups is 2. The maximum absolute atomic E-state index is 12.2. The van der Waals surface area contributed by atoms with Gasteiger partial charge in [0.25, 0.3) is 5.91 Å². The fraction of sp³-hybridized carbons (Fsp3) is 0.222. The van der Waals surface area contributed by atoms with Crippen molar-refractivity contribution < 1.29 is 27.5 Å². The Kier molecular flexibility index (Phi) is 5.52. The van der Waals surface area contributed by atoms with Gasteiger partial charge in [0, 0.05) is 5.56 Å². The summed E-state index contributed by atoms with van der Waals surface area (Å²) in [6.07, 6.45) is 0. The fourth-order valence-corrected chi connectivity index (χ4v) is 3.14. The first-order valence-electron chi connectivity index (χ1n) is 8.34. The number of rotatable bonds is 6. The van der Waals surface area contributed by atoms with Crippen LogP contribution < -0.4 is 25.2 Å². The van der Waals surface area contributed by atoms with E-state index in [4.69, 9.17) is 14.6 Å². The van der Waals surface area contributed by atoms with Crippen LogP contribution in [0.5, 0.6) is 11.5 Å². The van der Waals surface area contributed by atoms with Crippen LogP contribution in [-0.2, 0) is 14.8 Å². The zero-order chi connectivity index (χ0) is 20.3. The Labute approximate surface area is 161 Å². The van der Waals surface area contributed by atoms with E-state index < -0.39 is 21.8 Å². The molecule has 0 saturated heterocycles. The first-order valence-corrected chi connectivity index (χ1v) is 9.88. The number of nitrogens with one attached hydrogen (secondary N) is 2. The molecule has 0 fully saturated rings. The van der Waals surface area contributed by atoms with Gasteiger partial charge in [0.1, 0.15) is 0 Å². The molecule has 10 heteroatoms. The second-order valence-electron chi connectivity index (χ2n) is 6.15.